The molecule has 0 aliphatic carbocycles. The first-order valence-corrected chi connectivity index (χ1v) is 2.77. The van der Waals surface area contributed by atoms with Gasteiger partial charge in [0.1, 0.15) is 0 Å². The van der Waals surface area contributed by atoms with Gasteiger partial charge in [-0.2, -0.15) is 0 Å². The van der Waals surface area contributed by atoms with E-state index in [0.717, 1.165) is 11.3 Å². The van der Waals surface area contributed by atoms with Gasteiger partial charge >= 0.3 is 0 Å². The Bertz CT molecular complexity index is 233. The topological polar surface area (TPSA) is 20.1 Å². The molecule has 1 aromatic rings. The molecule has 0 fully saturated rings. The summed E-state index contributed by atoms with van der Waals surface area (Å²) in [7, 11) is 0. The van der Waals surface area contributed by atoms with Gasteiger partial charge in [0.05, 0.1) is 5.69 Å². The van der Waals surface area contributed by atoms with E-state index in [4.69, 9.17) is 6.57 Å². The molecule has 1 aromatic heterocycles. The average Bonchev–Trinajstić information content (AvgIpc) is 2.13. The third-order valence-electron chi connectivity index (χ3n) is 1.38. The summed E-state index contributed by atoms with van der Waals surface area (Å²) in [5, 5.41) is 0. The van der Waals surface area contributed by atoms with E-state index in [2.05, 4.69) is 9.83 Å². The number of H-pyrrole nitrogens is 1. The SMILES string of the molecule is [C-]#[N+]c1cc(C)c(C)[nH]1. The Morgan fingerprint density at radius 3 is 2.44 bits per heavy atom. The molecule has 2 heteroatoms. The second-order valence-electron chi connectivity index (χ2n) is 2.07. The zero-order chi connectivity index (χ0) is 6.85. The van der Waals surface area contributed by atoms with E-state index in [1.54, 1.807) is 0 Å². The van der Waals surface area contributed by atoms with Crippen molar-refractivity contribution in [3.63, 3.8) is 0 Å². The van der Waals surface area contributed by atoms with Gasteiger partial charge in [0.25, 0.3) is 0 Å². The van der Waals surface area contributed by atoms with E-state index in [-0.39, 0.29) is 0 Å². The number of aryl methyl sites for hydroxylation is 2. The second kappa shape index (κ2) is 1.94. The molecule has 0 bridgehead atoms. The van der Waals surface area contributed by atoms with Crippen LogP contribution < -0.4 is 0 Å². The molecule has 46 valence electrons. The van der Waals surface area contributed by atoms with E-state index >= 15 is 0 Å². The number of aromatic nitrogens is 1. The quantitative estimate of drug-likeness (QED) is 0.506. The summed E-state index contributed by atoms with van der Waals surface area (Å²) in [5.74, 6) is 0.630. The lowest BCUT2D eigenvalue weighted by Gasteiger charge is -1.78. The molecule has 0 aromatic carbocycles. The number of hydrogen-bond acceptors (Lipinski definition) is 0. The highest BCUT2D eigenvalue weighted by Gasteiger charge is 1.97. The van der Waals surface area contributed by atoms with E-state index in [9.17, 15) is 0 Å². The molecule has 0 saturated carbocycles. The van der Waals surface area contributed by atoms with Crippen LogP contribution in [-0.2, 0) is 0 Å². The van der Waals surface area contributed by atoms with Gasteiger partial charge in [0, 0.05) is 0 Å². The molecule has 1 heterocycles. The van der Waals surface area contributed by atoms with Crippen LogP contribution >= 0.6 is 0 Å². The van der Waals surface area contributed by atoms with Crippen LogP contribution in [0.4, 0.5) is 5.82 Å². The Morgan fingerprint density at radius 2 is 2.22 bits per heavy atom. The van der Waals surface area contributed by atoms with Gasteiger partial charge in [-0.25, -0.2) is 0 Å². The lowest BCUT2D eigenvalue weighted by Crippen LogP contribution is -1.69. The van der Waals surface area contributed by atoms with Crippen molar-refractivity contribution in [2.45, 2.75) is 13.8 Å². The zero-order valence-corrected chi connectivity index (χ0v) is 5.52. The summed E-state index contributed by atoms with van der Waals surface area (Å²) in [6, 6.07) is 1.85. The fourth-order valence-electron chi connectivity index (χ4n) is 0.700. The lowest BCUT2D eigenvalue weighted by molar-refractivity contribution is 1.24. The molecule has 0 aliphatic heterocycles. The third-order valence-corrected chi connectivity index (χ3v) is 1.38. The smallest absolute Gasteiger partial charge is 0.228 e. The van der Waals surface area contributed by atoms with Crippen molar-refractivity contribution in [3.05, 3.63) is 28.7 Å². The first-order valence-electron chi connectivity index (χ1n) is 2.77. The largest absolute Gasteiger partial charge is 0.364 e. The fourth-order valence-corrected chi connectivity index (χ4v) is 0.700. The van der Waals surface area contributed by atoms with Crippen LogP contribution in [-0.4, -0.2) is 4.98 Å². The van der Waals surface area contributed by atoms with Crippen molar-refractivity contribution in [1.82, 2.24) is 4.98 Å². The molecular weight excluding hydrogens is 112 g/mol. The van der Waals surface area contributed by atoms with Crippen LogP contribution in [0.15, 0.2) is 6.07 Å². The zero-order valence-electron chi connectivity index (χ0n) is 5.52. The average molecular weight is 120 g/mol. The van der Waals surface area contributed by atoms with Crippen molar-refractivity contribution in [2.24, 2.45) is 0 Å². The summed E-state index contributed by atoms with van der Waals surface area (Å²) in [6.45, 7) is 10.6. The van der Waals surface area contributed by atoms with E-state index in [1.165, 1.54) is 0 Å². The minimum Gasteiger partial charge on any atom is -0.364 e. The Hall–Kier alpha value is -1.23. The molecule has 1 N–H and O–H groups in total. The molecule has 0 saturated heterocycles. The summed E-state index contributed by atoms with van der Waals surface area (Å²) >= 11 is 0. The Kier molecular flexibility index (Phi) is 1.27. The fraction of sp³-hybridized carbons (Fsp3) is 0.286. The van der Waals surface area contributed by atoms with Gasteiger partial charge in [0.2, 0.25) is 5.82 Å². The van der Waals surface area contributed by atoms with Crippen LogP contribution in [0.25, 0.3) is 4.85 Å². The van der Waals surface area contributed by atoms with Crippen LogP contribution in [0.2, 0.25) is 0 Å². The number of nitrogens with zero attached hydrogens (tertiary/aromatic N) is 1. The third kappa shape index (κ3) is 0.945. The molecule has 9 heavy (non-hydrogen) atoms. The molecule has 0 atom stereocenters. The number of aromatic amines is 1. The lowest BCUT2D eigenvalue weighted by atomic mass is 10.3. The van der Waals surface area contributed by atoms with Crippen molar-refractivity contribution >= 4 is 5.82 Å². The maximum Gasteiger partial charge on any atom is 0.228 e. The maximum atomic E-state index is 6.65. The first-order chi connectivity index (χ1) is 4.24. The van der Waals surface area contributed by atoms with Crippen molar-refractivity contribution < 1.29 is 0 Å². The van der Waals surface area contributed by atoms with E-state index in [1.807, 2.05) is 19.9 Å². The van der Waals surface area contributed by atoms with E-state index in [0.29, 0.717) is 5.82 Å². The Balaban J connectivity index is 3.16. The minimum absolute atomic E-state index is 0.630. The molecule has 2 nitrogen and oxygen atoms in total. The second-order valence-corrected chi connectivity index (χ2v) is 2.07. The standard InChI is InChI=1S/C7H8N2/c1-5-4-7(8-3)9-6(5)2/h4,9H,1-2H3. The molecule has 0 amide bonds. The van der Waals surface area contributed by atoms with Gasteiger partial charge in [-0.15, -0.1) is 0 Å². The number of nitrogens with one attached hydrogen (secondary N) is 1. The van der Waals surface area contributed by atoms with Gasteiger partial charge in [-0.1, -0.05) is 6.57 Å². The molecule has 0 unspecified atom stereocenters. The normalized spacial score (nSPS) is 9.00. The van der Waals surface area contributed by atoms with Crippen LogP contribution in [0.5, 0.6) is 0 Å². The molecule has 1 rings (SSSR count). The predicted octanol–water partition coefficient (Wildman–Crippen LogP) is 2.18. The molecule has 0 spiro atoms. The summed E-state index contributed by atoms with van der Waals surface area (Å²) in [4.78, 5) is 6.19. The monoisotopic (exact) mass is 120 g/mol. The highest BCUT2D eigenvalue weighted by molar-refractivity contribution is 5.42. The van der Waals surface area contributed by atoms with Crippen molar-refractivity contribution in [3.8, 4) is 0 Å². The summed E-state index contributed by atoms with van der Waals surface area (Å²) in [5.41, 5.74) is 2.24. The Morgan fingerprint density at radius 1 is 1.56 bits per heavy atom. The highest BCUT2D eigenvalue weighted by atomic mass is 14.9. The maximum absolute atomic E-state index is 6.65. The van der Waals surface area contributed by atoms with Gasteiger partial charge < -0.3 is 9.83 Å². The minimum atomic E-state index is 0.630. The highest BCUT2D eigenvalue weighted by Crippen LogP contribution is 2.14. The summed E-state index contributed by atoms with van der Waals surface area (Å²) in [6.07, 6.45) is 0. The van der Waals surface area contributed by atoms with Crippen molar-refractivity contribution in [1.29, 1.82) is 0 Å². The molecule has 0 radical (unpaired) electrons. The Labute approximate surface area is 54.3 Å². The van der Waals surface area contributed by atoms with Gasteiger partial charge in [0.15, 0.2) is 0 Å². The van der Waals surface area contributed by atoms with Gasteiger partial charge in [-0.3, -0.25) is 0 Å². The van der Waals surface area contributed by atoms with Gasteiger partial charge in [-0.05, 0) is 25.5 Å². The van der Waals surface area contributed by atoms with E-state index < -0.39 is 0 Å². The predicted molar refractivity (Wildman–Crippen MR) is 36.5 cm³/mol. The molecule has 0 aliphatic rings. The summed E-state index contributed by atoms with van der Waals surface area (Å²) < 4.78 is 0. The van der Waals surface area contributed by atoms with Crippen LogP contribution in [0.1, 0.15) is 11.3 Å². The molecular formula is C7H8N2. The first kappa shape index (κ1) is 5.90. The van der Waals surface area contributed by atoms with Crippen molar-refractivity contribution in [2.75, 3.05) is 0 Å². The van der Waals surface area contributed by atoms with Crippen LogP contribution in [0.3, 0.4) is 0 Å². The van der Waals surface area contributed by atoms with Crippen LogP contribution in [0, 0.1) is 20.4 Å². The number of rotatable bonds is 0. The number of hydrogen-bond donors (Lipinski definition) is 1.